The highest BCUT2D eigenvalue weighted by Crippen LogP contribution is 2.39. The second-order valence-electron chi connectivity index (χ2n) is 6.67. The highest BCUT2D eigenvalue weighted by molar-refractivity contribution is 7.72. The first-order valence-electron chi connectivity index (χ1n) is 7.67. The summed E-state index contributed by atoms with van der Waals surface area (Å²) in [5.41, 5.74) is 0.319. The molecule has 3 N–H and O–H groups in total. The molecule has 1 aromatic rings. The number of aliphatic hydroxyl groups excluding tert-OH is 2. The lowest BCUT2D eigenvalue weighted by atomic mass is 10.1. The lowest BCUT2D eigenvalue weighted by Crippen LogP contribution is -2.32. The number of rotatable bonds is 5. The molecule has 0 amide bonds. The zero-order chi connectivity index (χ0) is 17.4. The Balaban J connectivity index is 2.26. The first-order chi connectivity index (χ1) is 10.6. The maximum atomic E-state index is 11.8. The van der Waals surface area contributed by atoms with E-state index in [-0.39, 0.29) is 10.3 Å². The van der Waals surface area contributed by atoms with Gasteiger partial charge in [0.15, 0.2) is 11.0 Å². The molecule has 0 aliphatic carbocycles. The van der Waals surface area contributed by atoms with Crippen molar-refractivity contribution in [3.05, 3.63) is 26.9 Å². The molecule has 2 heterocycles. The Bertz CT molecular complexity index is 723. The predicted molar refractivity (Wildman–Crippen MR) is 96.6 cm³/mol. The molecule has 0 bridgehead atoms. The first-order valence-corrected chi connectivity index (χ1v) is 11.1. The molecule has 2 rings (SSSR count). The maximum Gasteiger partial charge on any atom is 0.254 e. The Labute approximate surface area is 141 Å². The summed E-state index contributed by atoms with van der Waals surface area (Å²) in [5, 5.41) is 20.6. The molecule has 6 nitrogen and oxygen atoms in total. The fraction of sp³-hybridized carbons (Fsp3) is 0.667. The third kappa shape index (κ3) is 4.22. The molecular formula is C15H25N2O4PS. The van der Waals surface area contributed by atoms with Crippen molar-refractivity contribution in [2.75, 3.05) is 19.5 Å². The number of aryl methyl sites for hydroxylation is 1. The van der Waals surface area contributed by atoms with Crippen LogP contribution in [0.15, 0.2) is 11.0 Å². The Morgan fingerprint density at radius 2 is 2.09 bits per heavy atom. The average Bonchev–Trinajstić information content (AvgIpc) is 2.73. The summed E-state index contributed by atoms with van der Waals surface area (Å²) in [4.78, 5) is 14.4. The van der Waals surface area contributed by atoms with Crippen molar-refractivity contribution in [1.29, 1.82) is 0 Å². The zero-order valence-electron chi connectivity index (χ0n) is 13.7. The first kappa shape index (κ1) is 18.6. The lowest BCUT2D eigenvalue weighted by Gasteiger charge is -2.19. The second kappa shape index (κ2) is 7.03. The number of H-pyrrole nitrogens is 1. The topological polar surface area (TPSA) is 87.5 Å². The van der Waals surface area contributed by atoms with Crippen molar-refractivity contribution < 1.29 is 14.9 Å². The summed E-state index contributed by atoms with van der Waals surface area (Å²) in [6, 6.07) is 0. The van der Waals surface area contributed by atoms with Crippen LogP contribution in [0.25, 0.3) is 0 Å². The number of hydrogen-bond acceptors (Lipinski definition) is 5. The fourth-order valence-corrected chi connectivity index (χ4v) is 3.85. The predicted octanol–water partition coefficient (Wildman–Crippen LogP) is 1.19. The van der Waals surface area contributed by atoms with Crippen LogP contribution in [0.5, 0.6) is 0 Å². The normalized spacial score (nSPS) is 28.2. The van der Waals surface area contributed by atoms with Gasteiger partial charge in [0.25, 0.3) is 5.56 Å². The van der Waals surface area contributed by atoms with Crippen LogP contribution in [0.4, 0.5) is 0 Å². The monoisotopic (exact) mass is 360 g/mol. The minimum Gasteiger partial charge on any atom is -0.388 e. The number of nitrogens with one attached hydrogen (secondary N) is 1. The number of aromatic nitrogens is 2. The quantitative estimate of drug-likeness (QED) is 0.542. The summed E-state index contributed by atoms with van der Waals surface area (Å²) in [5.74, 6) is 0. The Kier molecular flexibility index (Phi) is 5.69. The highest BCUT2D eigenvalue weighted by atomic mass is 32.1. The molecule has 0 spiro atoms. The minimum atomic E-state index is -1.23. The summed E-state index contributed by atoms with van der Waals surface area (Å²) in [6.07, 6.45) is 4.46. The van der Waals surface area contributed by atoms with Gasteiger partial charge in [-0.2, -0.15) is 0 Å². The number of hydrogen-bond donors (Lipinski definition) is 3. The SMILES string of the molecule is C=P(C)(C)CC[C@H]1OC(n2cc(CC)c(=O)[nH]c2=S)[C@H](O)[C@@H]1O. The van der Waals surface area contributed by atoms with Crippen LogP contribution >= 0.6 is 19.1 Å². The van der Waals surface area contributed by atoms with Crippen molar-refractivity contribution in [2.24, 2.45) is 0 Å². The Hall–Kier alpha value is -0.720. The van der Waals surface area contributed by atoms with Gasteiger partial charge in [0, 0.05) is 11.8 Å². The summed E-state index contributed by atoms with van der Waals surface area (Å²) >= 11 is 5.17. The molecule has 1 aromatic heterocycles. The van der Waals surface area contributed by atoms with E-state index in [0.717, 1.165) is 6.16 Å². The molecule has 0 saturated carbocycles. The van der Waals surface area contributed by atoms with Crippen LogP contribution in [-0.4, -0.2) is 63.9 Å². The van der Waals surface area contributed by atoms with Crippen molar-refractivity contribution in [1.82, 2.24) is 9.55 Å². The fourth-order valence-electron chi connectivity index (χ4n) is 2.64. The van der Waals surface area contributed by atoms with E-state index in [1.165, 1.54) is 4.57 Å². The van der Waals surface area contributed by atoms with Crippen molar-refractivity contribution in [2.45, 2.75) is 44.3 Å². The third-order valence-corrected chi connectivity index (χ3v) is 5.83. The number of nitrogens with zero attached hydrogens (tertiary/aromatic N) is 1. The van der Waals surface area contributed by atoms with E-state index in [9.17, 15) is 15.0 Å². The molecule has 1 aliphatic rings. The summed E-state index contributed by atoms with van der Waals surface area (Å²) in [7, 11) is 0. The van der Waals surface area contributed by atoms with Crippen LogP contribution in [-0.2, 0) is 11.2 Å². The second-order valence-corrected chi connectivity index (χ2v) is 11.4. The van der Waals surface area contributed by atoms with E-state index in [4.69, 9.17) is 17.0 Å². The van der Waals surface area contributed by atoms with Crippen molar-refractivity contribution in [3.8, 4) is 0 Å². The van der Waals surface area contributed by atoms with Crippen molar-refractivity contribution >= 4 is 25.4 Å². The minimum absolute atomic E-state index is 0.175. The largest absolute Gasteiger partial charge is 0.388 e. The van der Waals surface area contributed by atoms with Crippen LogP contribution < -0.4 is 5.56 Å². The van der Waals surface area contributed by atoms with Gasteiger partial charge in [-0.3, -0.25) is 14.3 Å². The average molecular weight is 360 g/mol. The van der Waals surface area contributed by atoms with Crippen molar-refractivity contribution in [3.63, 3.8) is 0 Å². The molecule has 23 heavy (non-hydrogen) atoms. The number of ether oxygens (including phenoxy) is 1. The van der Waals surface area contributed by atoms with E-state index >= 15 is 0 Å². The molecule has 1 fully saturated rings. The Morgan fingerprint density at radius 1 is 1.43 bits per heavy atom. The summed E-state index contributed by atoms with van der Waals surface area (Å²) in [6.45, 7) is 4.87. The van der Waals surface area contributed by atoms with Gasteiger partial charge >= 0.3 is 0 Å². The van der Waals surface area contributed by atoms with Gasteiger partial charge in [-0.05, 0) is 44.6 Å². The third-order valence-electron chi connectivity index (χ3n) is 4.05. The lowest BCUT2D eigenvalue weighted by molar-refractivity contribution is -0.0392. The van der Waals surface area contributed by atoms with E-state index in [1.807, 2.05) is 6.92 Å². The molecule has 1 unspecified atom stereocenters. The molecule has 1 aliphatic heterocycles. The molecule has 8 heteroatoms. The van der Waals surface area contributed by atoms with E-state index in [2.05, 4.69) is 24.6 Å². The van der Waals surface area contributed by atoms with Gasteiger partial charge in [-0.1, -0.05) is 6.92 Å². The molecule has 0 radical (unpaired) electrons. The summed E-state index contributed by atoms with van der Waals surface area (Å²) < 4.78 is 7.55. The molecule has 130 valence electrons. The van der Waals surface area contributed by atoms with Gasteiger partial charge in [-0.25, -0.2) is 0 Å². The number of aromatic amines is 1. The molecule has 0 aromatic carbocycles. The zero-order valence-corrected chi connectivity index (χ0v) is 15.4. The van der Waals surface area contributed by atoms with Gasteiger partial charge in [0.2, 0.25) is 0 Å². The maximum absolute atomic E-state index is 11.8. The number of aliphatic hydroxyl groups is 2. The molecule has 1 saturated heterocycles. The molecular weight excluding hydrogens is 335 g/mol. The standard InChI is InChI=1S/C15H25N2O4PS/c1-5-9-8-17(15(23)16-13(9)20)14-12(19)11(18)10(21-14)6-7-22(2,3)4/h8,10-12,14,18-19H,2,5-7H2,1,3-4H3,(H,16,20,23)/t10-,11-,12-,14?/m1/s1. The highest BCUT2D eigenvalue weighted by Gasteiger charge is 2.43. The van der Waals surface area contributed by atoms with Crippen LogP contribution in [0.1, 0.15) is 25.1 Å². The van der Waals surface area contributed by atoms with E-state index in [0.29, 0.717) is 18.4 Å². The smallest absolute Gasteiger partial charge is 0.254 e. The van der Waals surface area contributed by atoms with Gasteiger partial charge in [0.05, 0.1) is 6.10 Å². The van der Waals surface area contributed by atoms with Crippen LogP contribution in [0, 0.1) is 4.77 Å². The van der Waals surface area contributed by atoms with Crippen LogP contribution in [0.2, 0.25) is 0 Å². The van der Waals surface area contributed by atoms with E-state index in [1.54, 1.807) is 6.20 Å². The Morgan fingerprint density at radius 3 is 2.65 bits per heavy atom. The van der Waals surface area contributed by atoms with Gasteiger partial charge < -0.3 is 14.9 Å². The molecule has 4 atom stereocenters. The van der Waals surface area contributed by atoms with Gasteiger partial charge in [0.1, 0.15) is 12.2 Å². The van der Waals surface area contributed by atoms with Gasteiger partial charge in [-0.15, -0.1) is 13.2 Å². The van der Waals surface area contributed by atoms with E-state index < -0.39 is 31.4 Å². The van der Waals surface area contributed by atoms with Crippen LogP contribution in [0.3, 0.4) is 0 Å².